The molecule has 0 aliphatic carbocycles. The molecule has 0 radical (unpaired) electrons. The molecule has 156 valence electrons. The number of rotatable bonds is 5. The van der Waals surface area contributed by atoms with Gasteiger partial charge in [0.05, 0.1) is 9.92 Å². The lowest BCUT2D eigenvalue weighted by Gasteiger charge is -2.20. The topological polar surface area (TPSA) is 89.0 Å². The van der Waals surface area contributed by atoms with E-state index in [0.29, 0.717) is 53.7 Å². The molecule has 1 aliphatic heterocycles. The zero-order valence-corrected chi connectivity index (χ0v) is 18.2. The van der Waals surface area contributed by atoms with Gasteiger partial charge in [0, 0.05) is 26.4 Å². The zero-order valence-electron chi connectivity index (χ0n) is 16.6. The molecule has 9 heteroatoms. The Bertz CT molecular complexity index is 1040. The van der Waals surface area contributed by atoms with Crippen molar-refractivity contribution in [2.45, 2.75) is 24.9 Å². The second-order valence-corrected chi connectivity index (χ2v) is 9.14. The Kier molecular flexibility index (Phi) is 6.54. The third kappa shape index (κ3) is 5.33. The second-order valence-electron chi connectivity index (χ2n) is 6.75. The summed E-state index contributed by atoms with van der Waals surface area (Å²) >= 11 is 6.28. The number of nitrogens with one attached hydrogen (secondary N) is 2. The number of nitrogens with zero attached hydrogens (tertiary/aromatic N) is 1. The molecule has 0 fully saturated rings. The van der Waals surface area contributed by atoms with Crippen LogP contribution in [-0.4, -0.2) is 40.9 Å². The summed E-state index contributed by atoms with van der Waals surface area (Å²) < 4.78 is 34.6. The van der Waals surface area contributed by atoms with E-state index in [9.17, 15) is 8.42 Å². The fourth-order valence-electron chi connectivity index (χ4n) is 3.10. The maximum atomic E-state index is 11.7. The first-order chi connectivity index (χ1) is 13.8. The standard InChI is InChI=1S/C20H24ClN3O4S/c1-13-8-14(4-5-18(13)29(3,25)26)11-23-20(22-2)24-12-15-9-16(21)19-17(10-15)27-6-7-28-19/h4-5,8-10H,6-7,11-12H2,1-3H3,(H2,22,23,24). The Balaban J connectivity index is 1.60. The van der Waals surface area contributed by atoms with Crippen LogP contribution in [0.3, 0.4) is 0 Å². The smallest absolute Gasteiger partial charge is 0.191 e. The maximum absolute atomic E-state index is 11.7. The molecular formula is C20H24ClN3O4S. The average molecular weight is 438 g/mol. The van der Waals surface area contributed by atoms with Gasteiger partial charge in [-0.3, -0.25) is 4.99 Å². The molecule has 0 saturated carbocycles. The summed E-state index contributed by atoms with van der Waals surface area (Å²) in [6.07, 6.45) is 1.21. The first kappa shape index (κ1) is 21.3. The van der Waals surface area contributed by atoms with Crippen LogP contribution in [0.25, 0.3) is 0 Å². The van der Waals surface area contributed by atoms with Crippen molar-refractivity contribution in [1.29, 1.82) is 0 Å². The molecule has 29 heavy (non-hydrogen) atoms. The third-order valence-electron chi connectivity index (χ3n) is 4.44. The number of fused-ring (bicyclic) bond motifs is 1. The summed E-state index contributed by atoms with van der Waals surface area (Å²) in [6.45, 7) is 3.79. The van der Waals surface area contributed by atoms with Crippen molar-refractivity contribution in [1.82, 2.24) is 10.6 Å². The van der Waals surface area contributed by atoms with Crippen LogP contribution in [0.1, 0.15) is 16.7 Å². The van der Waals surface area contributed by atoms with Crippen LogP contribution >= 0.6 is 11.6 Å². The minimum atomic E-state index is -3.22. The number of aliphatic imine (C=N–C) groups is 1. The minimum Gasteiger partial charge on any atom is -0.486 e. The van der Waals surface area contributed by atoms with Gasteiger partial charge in [0.15, 0.2) is 27.3 Å². The van der Waals surface area contributed by atoms with Gasteiger partial charge in [-0.05, 0) is 41.8 Å². The van der Waals surface area contributed by atoms with Gasteiger partial charge in [-0.15, -0.1) is 0 Å². The van der Waals surface area contributed by atoms with Gasteiger partial charge in [-0.1, -0.05) is 23.7 Å². The summed E-state index contributed by atoms with van der Waals surface area (Å²) in [6, 6.07) is 9.02. The van der Waals surface area contributed by atoms with E-state index in [1.807, 2.05) is 18.2 Å². The highest BCUT2D eigenvalue weighted by molar-refractivity contribution is 7.90. The van der Waals surface area contributed by atoms with Crippen molar-refractivity contribution in [3.8, 4) is 11.5 Å². The molecule has 1 heterocycles. The lowest BCUT2D eigenvalue weighted by Crippen LogP contribution is -2.36. The lowest BCUT2D eigenvalue weighted by atomic mass is 10.1. The van der Waals surface area contributed by atoms with E-state index in [4.69, 9.17) is 21.1 Å². The Labute approximate surface area is 176 Å². The molecule has 2 N–H and O–H groups in total. The summed E-state index contributed by atoms with van der Waals surface area (Å²) in [5, 5.41) is 6.96. The van der Waals surface area contributed by atoms with E-state index in [0.717, 1.165) is 16.7 Å². The third-order valence-corrected chi connectivity index (χ3v) is 5.98. The van der Waals surface area contributed by atoms with Gasteiger partial charge in [0.1, 0.15) is 13.2 Å². The highest BCUT2D eigenvalue weighted by Gasteiger charge is 2.17. The second kappa shape index (κ2) is 8.92. The van der Waals surface area contributed by atoms with Gasteiger partial charge in [-0.25, -0.2) is 8.42 Å². The fourth-order valence-corrected chi connectivity index (χ4v) is 4.34. The number of halogens is 1. The lowest BCUT2D eigenvalue weighted by molar-refractivity contribution is 0.171. The molecule has 0 unspecified atom stereocenters. The predicted molar refractivity (Wildman–Crippen MR) is 114 cm³/mol. The Morgan fingerprint density at radius 2 is 1.79 bits per heavy atom. The van der Waals surface area contributed by atoms with Crippen molar-refractivity contribution in [2.75, 3.05) is 26.5 Å². The van der Waals surface area contributed by atoms with Crippen molar-refractivity contribution in [3.63, 3.8) is 0 Å². The summed E-state index contributed by atoms with van der Waals surface area (Å²) in [7, 11) is -1.54. The number of sulfone groups is 1. The molecule has 3 rings (SSSR count). The molecule has 0 bridgehead atoms. The van der Waals surface area contributed by atoms with Gasteiger partial charge < -0.3 is 20.1 Å². The predicted octanol–water partition coefficient (Wildman–Crippen LogP) is 2.69. The van der Waals surface area contributed by atoms with Crippen LogP contribution in [0, 0.1) is 6.92 Å². The van der Waals surface area contributed by atoms with Crippen LogP contribution in [0.15, 0.2) is 40.2 Å². The molecule has 0 aromatic heterocycles. The molecule has 0 amide bonds. The maximum Gasteiger partial charge on any atom is 0.191 e. The highest BCUT2D eigenvalue weighted by atomic mass is 35.5. The van der Waals surface area contributed by atoms with Crippen LogP contribution < -0.4 is 20.1 Å². The summed E-state index contributed by atoms with van der Waals surface area (Å²) in [4.78, 5) is 4.56. The zero-order chi connectivity index (χ0) is 21.0. The minimum absolute atomic E-state index is 0.347. The SMILES string of the molecule is CN=C(NCc1ccc(S(C)(=O)=O)c(C)c1)NCc1cc(Cl)c2c(c1)OCCO2. The Morgan fingerprint density at radius 1 is 1.10 bits per heavy atom. The van der Waals surface area contributed by atoms with Gasteiger partial charge in [0.25, 0.3) is 0 Å². The summed E-state index contributed by atoms with van der Waals surface area (Å²) in [5.41, 5.74) is 2.62. The fraction of sp³-hybridized carbons (Fsp3) is 0.350. The van der Waals surface area contributed by atoms with Crippen molar-refractivity contribution >= 4 is 27.4 Å². The number of guanidine groups is 1. The normalized spacial score (nSPS) is 13.9. The average Bonchev–Trinajstić information content (AvgIpc) is 2.67. The van der Waals surface area contributed by atoms with E-state index in [-0.39, 0.29) is 0 Å². The first-order valence-corrected chi connectivity index (χ1v) is 11.4. The number of hydrogen-bond acceptors (Lipinski definition) is 5. The van der Waals surface area contributed by atoms with E-state index in [2.05, 4.69) is 15.6 Å². The first-order valence-electron chi connectivity index (χ1n) is 9.10. The molecule has 0 spiro atoms. The van der Waals surface area contributed by atoms with Gasteiger partial charge in [0.2, 0.25) is 0 Å². The number of aryl methyl sites for hydroxylation is 1. The Morgan fingerprint density at radius 3 is 2.45 bits per heavy atom. The van der Waals surface area contributed by atoms with E-state index in [1.54, 1.807) is 26.1 Å². The molecule has 1 aliphatic rings. The van der Waals surface area contributed by atoms with E-state index in [1.165, 1.54) is 6.26 Å². The van der Waals surface area contributed by atoms with Crippen molar-refractivity contribution in [3.05, 3.63) is 52.0 Å². The molecule has 0 saturated heterocycles. The summed E-state index contributed by atoms with van der Waals surface area (Å²) in [5.74, 6) is 1.84. The van der Waals surface area contributed by atoms with Crippen LogP contribution in [0.5, 0.6) is 11.5 Å². The van der Waals surface area contributed by atoms with Crippen LogP contribution in [0.4, 0.5) is 0 Å². The van der Waals surface area contributed by atoms with E-state index < -0.39 is 9.84 Å². The monoisotopic (exact) mass is 437 g/mol. The molecule has 0 atom stereocenters. The highest BCUT2D eigenvalue weighted by Crippen LogP contribution is 2.38. The number of benzene rings is 2. The molecular weight excluding hydrogens is 414 g/mol. The van der Waals surface area contributed by atoms with Crippen molar-refractivity contribution in [2.24, 2.45) is 4.99 Å². The van der Waals surface area contributed by atoms with Gasteiger partial charge >= 0.3 is 0 Å². The molecule has 2 aromatic rings. The Hall–Kier alpha value is -2.45. The number of ether oxygens (including phenoxy) is 2. The molecule has 2 aromatic carbocycles. The van der Waals surface area contributed by atoms with Crippen LogP contribution in [-0.2, 0) is 22.9 Å². The number of hydrogen-bond donors (Lipinski definition) is 2. The van der Waals surface area contributed by atoms with Crippen LogP contribution in [0.2, 0.25) is 5.02 Å². The van der Waals surface area contributed by atoms with Gasteiger partial charge in [-0.2, -0.15) is 0 Å². The quantitative estimate of drug-likeness (QED) is 0.552. The van der Waals surface area contributed by atoms with Crippen molar-refractivity contribution < 1.29 is 17.9 Å². The largest absolute Gasteiger partial charge is 0.486 e. The molecule has 7 nitrogen and oxygen atoms in total. The van der Waals surface area contributed by atoms with E-state index >= 15 is 0 Å².